The molecular formula is C12H14F2N2O3. The Labute approximate surface area is 108 Å². The molecule has 0 aromatic heterocycles. The average molecular weight is 272 g/mol. The van der Waals surface area contributed by atoms with Gasteiger partial charge in [-0.1, -0.05) is 0 Å². The molecule has 0 radical (unpaired) electrons. The van der Waals surface area contributed by atoms with E-state index in [4.69, 9.17) is 4.74 Å². The fourth-order valence-corrected chi connectivity index (χ4v) is 2.12. The van der Waals surface area contributed by atoms with Gasteiger partial charge in [0.1, 0.15) is 5.75 Å². The van der Waals surface area contributed by atoms with E-state index in [2.05, 4.69) is 0 Å². The van der Waals surface area contributed by atoms with E-state index in [0.29, 0.717) is 11.4 Å². The monoisotopic (exact) mass is 272 g/mol. The van der Waals surface area contributed by atoms with Crippen LogP contribution in [-0.4, -0.2) is 31.0 Å². The molecule has 0 aliphatic carbocycles. The number of alkyl halides is 2. The highest BCUT2D eigenvalue weighted by molar-refractivity contribution is 5.62. The summed E-state index contributed by atoms with van der Waals surface area (Å²) in [6, 6.07) is 4.20. The zero-order valence-electron chi connectivity index (χ0n) is 10.4. The molecule has 2 rings (SSSR count). The molecular weight excluding hydrogens is 258 g/mol. The molecule has 19 heavy (non-hydrogen) atoms. The number of rotatable bonds is 3. The number of anilines is 1. The number of benzene rings is 1. The Balaban J connectivity index is 2.23. The van der Waals surface area contributed by atoms with Crippen LogP contribution in [0.5, 0.6) is 5.75 Å². The largest absolute Gasteiger partial charge is 0.494 e. The van der Waals surface area contributed by atoms with Gasteiger partial charge in [0.05, 0.1) is 23.8 Å². The van der Waals surface area contributed by atoms with Crippen LogP contribution in [0.3, 0.4) is 0 Å². The van der Waals surface area contributed by atoms with Gasteiger partial charge >= 0.3 is 0 Å². The summed E-state index contributed by atoms with van der Waals surface area (Å²) in [6.45, 7) is 0.419. The lowest BCUT2D eigenvalue weighted by molar-refractivity contribution is -0.384. The van der Waals surface area contributed by atoms with Crippen LogP contribution in [0.25, 0.3) is 0 Å². The molecule has 1 aliphatic rings. The fourth-order valence-electron chi connectivity index (χ4n) is 2.12. The third-order valence-electron chi connectivity index (χ3n) is 3.21. The molecule has 1 aromatic rings. The lowest BCUT2D eigenvalue weighted by Gasteiger charge is -2.34. The van der Waals surface area contributed by atoms with Crippen molar-refractivity contribution in [3.8, 4) is 5.75 Å². The maximum Gasteiger partial charge on any atom is 0.273 e. The number of nitrogens with zero attached hydrogens (tertiary/aromatic N) is 2. The van der Waals surface area contributed by atoms with Crippen LogP contribution < -0.4 is 9.64 Å². The molecule has 1 aliphatic heterocycles. The van der Waals surface area contributed by atoms with E-state index in [9.17, 15) is 18.9 Å². The molecule has 0 bridgehead atoms. The van der Waals surface area contributed by atoms with Crippen molar-refractivity contribution in [3.63, 3.8) is 0 Å². The first-order valence-electron chi connectivity index (χ1n) is 5.88. The Morgan fingerprint density at radius 3 is 2.53 bits per heavy atom. The summed E-state index contributed by atoms with van der Waals surface area (Å²) in [5.74, 6) is -2.29. The first-order chi connectivity index (χ1) is 8.93. The summed E-state index contributed by atoms with van der Waals surface area (Å²) in [7, 11) is 1.40. The van der Waals surface area contributed by atoms with Gasteiger partial charge in [0.2, 0.25) is 0 Å². The molecule has 1 saturated heterocycles. The first kappa shape index (κ1) is 13.5. The van der Waals surface area contributed by atoms with E-state index in [1.54, 1.807) is 11.0 Å². The van der Waals surface area contributed by atoms with Gasteiger partial charge in [0.15, 0.2) is 0 Å². The van der Waals surface area contributed by atoms with Gasteiger partial charge in [-0.15, -0.1) is 0 Å². The van der Waals surface area contributed by atoms with Crippen molar-refractivity contribution in [3.05, 3.63) is 28.3 Å². The van der Waals surface area contributed by atoms with Gasteiger partial charge in [-0.05, 0) is 6.07 Å². The highest BCUT2D eigenvalue weighted by atomic mass is 19.3. The van der Waals surface area contributed by atoms with E-state index in [1.165, 1.54) is 19.2 Å². The second-order valence-electron chi connectivity index (χ2n) is 4.46. The van der Waals surface area contributed by atoms with E-state index in [1.807, 2.05) is 0 Å². The molecule has 104 valence electrons. The maximum absolute atomic E-state index is 13.1. The Hall–Kier alpha value is -1.92. The number of halogens is 2. The highest BCUT2D eigenvalue weighted by Gasteiger charge is 2.34. The van der Waals surface area contributed by atoms with Crippen molar-refractivity contribution in [2.45, 2.75) is 18.8 Å². The molecule has 1 heterocycles. The molecule has 0 atom stereocenters. The quantitative estimate of drug-likeness (QED) is 0.627. The molecule has 0 saturated carbocycles. The van der Waals surface area contributed by atoms with Gasteiger partial charge in [-0.25, -0.2) is 8.78 Å². The zero-order chi connectivity index (χ0) is 14.0. The average Bonchev–Trinajstić information content (AvgIpc) is 2.38. The number of hydrogen-bond acceptors (Lipinski definition) is 4. The number of hydrogen-bond donors (Lipinski definition) is 0. The lowest BCUT2D eigenvalue weighted by Crippen LogP contribution is -2.39. The van der Waals surface area contributed by atoms with Crippen LogP contribution >= 0.6 is 0 Å². The third-order valence-corrected chi connectivity index (χ3v) is 3.21. The van der Waals surface area contributed by atoms with Crippen LogP contribution in [0.2, 0.25) is 0 Å². The molecule has 1 aromatic carbocycles. The SMILES string of the molecule is COc1cc([N+](=O)[O-])ccc1N1CCC(F)(F)CC1. The second kappa shape index (κ2) is 4.99. The predicted molar refractivity (Wildman–Crippen MR) is 66.0 cm³/mol. The third kappa shape index (κ3) is 2.91. The van der Waals surface area contributed by atoms with Crippen LogP contribution in [0.15, 0.2) is 18.2 Å². The minimum absolute atomic E-state index is 0.0806. The smallest absolute Gasteiger partial charge is 0.273 e. The minimum atomic E-state index is -2.62. The summed E-state index contributed by atoms with van der Waals surface area (Å²) in [5, 5.41) is 10.7. The summed E-state index contributed by atoms with van der Waals surface area (Å²) < 4.78 is 31.3. The van der Waals surface area contributed by atoms with Gasteiger partial charge in [-0.2, -0.15) is 0 Å². The van der Waals surface area contributed by atoms with Crippen molar-refractivity contribution in [1.29, 1.82) is 0 Å². The molecule has 0 N–H and O–H groups in total. The van der Waals surface area contributed by atoms with E-state index in [0.717, 1.165) is 0 Å². The lowest BCUT2D eigenvalue weighted by atomic mass is 10.1. The Morgan fingerprint density at radius 2 is 2.00 bits per heavy atom. The number of methoxy groups -OCH3 is 1. The van der Waals surface area contributed by atoms with Crippen molar-refractivity contribution in [1.82, 2.24) is 0 Å². The number of piperidine rings is 1. The number of ether oxygens (including phenoxy) is 1. The summed E-state index contributed by atoms with van der Waals surface area (Å²) >= 11 is 0. The number of non-ortho nitro benzene ring substituents is 1. The Bertz CT molecular complexity index is 484. The summed E-state index contributed by atoms with van der Waals surface area (Å²) in [4.78, 5) is 11.9. The Kier molecular flexibility index (Phi) is 3.55. The van der Waals surface area contributed by atoms with E-state index in [-0.39, 0.29) is 31.6 Å². The molecule has 5 nitrogen and oxygen atoms in total. The highest BCUT2D eigenvalue weighted by Crippen LogP contribution is 2.36. The molecule has 0 amide bonds. The van der Waals surface area contributed by atoms with E-state index >= 15 is 0 Å². The van der Waals surface area contributed by atoms with Crippen molar-refractivity contribution in [2.24, 2.45) is 0 Å². The predicted octanol–water partition coefficient (Wildman–Crippen LogP) is 2.84. The van der Waals surface area contributed by atoms with Gasteiger partial charge in [-0.3, -0.25) is 10.1 Å². The second-order valence-corrected chi connectivity index (χ2v) is 4.46. The van der Waals surface area contributed by atoms with Crippen LogP contribution in [-0.2, 0) is 0 Å². The van der Waals surface area contributed by atoms with Crippen LogP contribution in [0, 0.1) is 10.1 Å². The Morgan fingerprint density at radius 1 is 1.37 bits per heavy atom. The standard InChI is InChI=1S/C12H14F2N2O3/c1-19-11-8-9(16(17)18)2-3-10(11)15-6-4-12(13,14)5-7-15/h2-3,8H,4-7H2,1H3. The molecule has 1 fully saturated rings. The van der Waals surface area contributed by atoms with Crippen LogP contribution in [0.1, 0.15) is 12.8 Å². The van der Waals surface area contributed by atoms with Gasteiger partial charge in [0.25, 0.3) is 11.6 Å². The minimum Gasteiger partial charge on any atom is -0.494 e. The van der Waals surface area contributed by atoms with Crippen LogP contribution in [0.4, 0.5) is 20.2 Å². The number of nitro benzene ring substituents is 1. The zero-order valence-corrected chi connectivity index (χ0v) is 10.4. The molecule has 0 spiro atoms. The van der Waals surface area contributed by atoms with Crippen molar-refractivity contribution >= 4 is 11.4 Å². The van der Waals surface area contributed by atoms with Gasteiger partial charge < -0.3 is 9.64 Å². The number of nitro groups is 1. The molecule has 7 heteroatoms. The van der Waals surface area contributed by atoms with E-state index < -0.39 is 10.8 Å². The molecule has 0 unspecified atom stereocenters. The topological polar surface area (TPSA) is 55.6 Å². The first-order valence-corrected chi connectivity index (χ1v) is 5.88. The van der Waals surface area contributed by atoms with Crippen molar-refractivity contribution in [2.75, 3.05) is 25.1 Å². The summed E-state index contributed by atoms with van der Waals surface area (Å²) in [5.41, 5.74) is 0.534. The van der Waals surface area contributed by atoms with Crippen molar-refractivity contribution < 1.29 is 18.4 Å². The van der Waals surface area contributed by atoms with Gasteiger partial charge in [0, 0.05) is 32.0 Å². The maximum atomic E-state index is 13.1. The fraction of sp³-hybridized carbons (Fsp3) is 0.500. The normalized spacial score (nSPS) is 18.2. The summed E-state index contributed by atoms with van der Waals surface area (Å²) in [6.07, 6.45) is -0.430.